The zero-order chi connectivity index (χ0) is 16.5. The van der Waals surface area contributed by atoms with Gasteiger partial charge in [-0.2, -0.15) is 0 Å². The van der Waals surface area contributed by atoms with Gasteiger partial charge >= 0.3 is 0 Å². The van der Waals surface area contributed by atoms with E-state index in [1.807, 2.05) is 61.6 Å². The predicted molar refractivity (Wildman–Crippen MR) is 94.7 cm³/mol. The summed E-state index contributed by atoms with van der Waals surface area (Å²) >= 11 is 0. The van der Waals surface area contributed by atoms with Gasteiger partial charge in [0.1, 0.15) is 5.75 Å². The lowest BCUT2D eigenvalue weighted by atomic mass is 10.2. The summed E-state index contributed by atoms with van der Waals surface area (Å²) in [5.74, 6) is 0.706. The van der Waals surface area contributed by atoms with Crippen LogP contribution < -0.4 is 15.0 Å². The van der Waals surface area contributed by atoms with E-state index in [0.717, 1.165) is 23.5 Å². The van der Waals surface area contributed by atoms with Gasteiger partial charge in [-0.15, -0.1) is 0 Å². The summed E-state index contributed by atoms with van der Waals surface area (Å²) < 4.78 is 5.10. The van der Waals surface area contributed by atoms with Crippen LogP contribution in [0.5, 0.6) is 5.75 Å². The average molecular weight is 310 g/mol. The minimum Gasteiger partial charge on any atom is -0.497 e. The van der Waals surface area contributed by atoms with Crippen molar-refractivity contribution in [1.29, 1.82) is 0 Å². The minimum atomic E-state index is -0.0951. The van der Waals surface area contributed by atoms with Gasteiger partial charge in [0.2, 0.25) is 5.91 Å². The van der Waals surface area contributed by atoms with Crippen molar-refractivity contribution in [2.24, 2.45) is 0 Å². The van der Waals surface area contributed by atoms with Gasteiger partial charge < -0.3 is 15.0 Å². The van der Waals surface area contributed by atoms with Crippen molar-refractivity contribution in [3.8, 4) is 5.75 Å². The quantitative estimate of drug-likeness (QED) is 0.800. The smallest absolute Gasteiger partial charge is 0.244 e. The number of hydrogen-bond acceptors (Lipinski definition) is 3. The molecule has 0 fully saturated rings. The molecule has 2 aromatic rings. The van der Waals surface area contributed by atoms with Crippen LogP contribution in [-0.4, -0.2) is 33.2 Å². The highest BCUT2D eigenvalue weighted by molar-refractivity contribution is 5.91. The van der Waals surface area contributed by atoms with Gasteiger partial charge in [-0.3, -0.25) is 4.79 Å². The molecule has 120 valence electrons. The number of carbonyl (C=O) groups excluding carboxylic acids is 1. The summed E-state index contributed by atoms with van der Waals surface area (Å²) in [4.78, 5) is 13.9. The first-order valence-electron chi connectivity index (χ1n) is 7.55. The third-order valence-corrected chi connectivity index (χ3v) is 3.49. The Morgan fingerprint density at radius 1 is 1.13 bits per heavy atom. The first-order chi connectivity index (χ1) is 11.2. The zero-order valence-corrected chi connectivity index (χ0v) is 13.5. The van der Waals surface area contributed by atoms with Gasteiger partial charge in [-0.05, 0) is 35.9 Å². The Bertz CT molecular complexity index is 636. The van der Waals surface area contributed by atoms with Gasteiger partial charge in [-0.1, -0.05) is 30.3 Å². The molecule has 2 aromatic carbocycles. The van der Waals surface area contributed by atoms with E-state index in [4.69, 9.17) is 4.74 Å². The maximum absolute atomic E-state index is 11.8. The van der Waals surface area contributed by atoms with E-state index in [9.17, 15) is 4.79 Å². The monoisotopic (exact) mass is 310 g/mol. The maximum atomic E-state index is 11.8. The molecule has 23 heavy (non-hydrogen) atoms. The lowest BCUT2D eigenvalue weighted by Crippen LogP contribution is -2.31. The van der Waals surface area contributed by atoms with Crippen molar-refractivity contribution in [3.63, 3.8) is 0 Å². The molecule has 4 heteroatoms. The largest absolute Gasteiger partial charge is 0.497 e. The number of benzene rings is 2. The lowest BCUT2D eigenvalue weighted by molar-refractivity contribution is -0.116. The van der Waals surface area contributed by atoms with Crippen molar-refractivity contribution in [3.05, 3.63) is 66.2 Å². The molecule has 0 spiro atoms. The number of ether oxygens (including phenoxy) is 1. The van der Waals surface area contributed by atoms with Crippen molar-refractivity contribution < 1.29 is 9.53 Å². The summed E-state index contributed by atoms with van der Waals surface area (Å²) in [6.07, 6.45) is 3.33. The molecule has 4 nitrogen and oxygen atoms in total. The van der Waals surface area contributed by atoms with Crippen molar-refractivity contribution in [1.82, 2.24) is 5.32 Å². The zero-order valence-electron chi connectivity index (χ0n) is 13.5. The Balaban J connectivity index is 1.75. The number of carbonyl (C=O) groups is 1. The predicted octanol–water partition coefficient (Wildman–Crippen LogP) is 2.96. The Labute approximate surface area is 137 Å². The molecule has 0 unspecified atom stereocenters. The molecule has 0 bridgehead atoms. The number of methoxy groups -OCH3 is 1. The normalized spacial score (nSPS) is 10.5. The van der Waals surface area contributed by atoms with Crippen LogP contribution >= 0.6 is 0 Å². The van der Waals surface area contributed by atoms with Crippen molar-refractivity contribution in [2.75, 3.05) is 32.1 Å². The Morgan fingerprint density at radius 2 is 1.83 bits per heavy atom. The number of likely N-dealkylation sites (N-methyl/N-ethyl adjacent to an activating group) is 1. The number of para-hydroxylation sites is 1. The van der Waals surface area contributed by atoms with Gasteiger partial charge in [0.05, 0.1) is 7.11 Å². The van der Waals surface area contributed by atoms with Gasteiger partial charge in [0.25, 0.3) is 0 Å². The molecule has 0 heterocycles. The molecule has 0 atom stereocenters. The standard InChI is InChI=1S/C19H22N2O2/c1-21(17-6-4-3-5-7-17)15-14-20-19(22)13-10-16-8-11-18(23-2)12-9-16/h3-13H,14-15H2,1-2H3,(H,20,22)/b13-10+. The van der Waals surface area contributed by atoms with E-state index in [0.29, 0.717) is 6.54 Å². The molecule has 0 saturated carbocycles. The van der Waals surface area contributed by atoms with Crippen LogP contribution in [0.15, 0.2) is 60.7 Å². The van der Waals surface area contributed by atoms with E-state index >= 15 is 0 Å². The Kier molecular flexibility index (Phi) is 6.24. The lowest BCUT2D eigenvalue weighted by Gasteiger charge is -2.19. The SMILES string of the molecule is COc1ccc(/C=C/C(=O)NCCN(C)c2ccccc2)cc1. The third kappa shape index (κ3) is 5.51. The highest BCUT2D eigenvalue weighted by atomic mass is 16.5. The number of nitrogens with one attached hydrogen (secondary N) is 1. The third-order valence-electron chi connectivity index (χ3n) is 3.49. The van der Waals surface area contributed by atoms with Crippen LogP contribution in [0.1, 0.15) is 5.56 Å². The molecule has 0 aliphatic heterocycles. The van der Waals surface area contributed by atoms with E-state index < -0.39 is 0 Å². The van der Waals surface area contributed by atoms with Crippen LogP contribution in [0.4, 0.5) is 5.69 Å². The summed E-state index contributed by atoms with van der Waals surface area (Å²) in [6.45, 7) is 1.35. The summed E-state index contributed by atoms with van der Waals surface area (Å²) in [5.41, 5.74) is 2.10. The number of amides is 1. The van der Waals surface area contributed by atoms with Crippen LogP contribution in [-0.2, 0) is 4.79 Å². The molecular formula is C19H22N2O2. The average Bonchev–Trinajstić information content (AvgIpc) is 2.61. The summed E-state index contributed by atoms with van der Waals surface area (Å²) in [7, 11) is 3.64. The molecule has 2 rings (SSSR count). The molecule has 0 saturated heterocycles. The van der Waals surface area contributed by atoms with Crippen LogP contribution in [0.25, 0.3) is 6.08 Å². The first-order valence-corrected chi connectivity index (χ1v) is 7.55. The maximum Gasteiger partial charge on any atom is 0.244 e. The first kappa shape index (κ1) is 16.6. The fourth-order valence-corrected chi connectivity index (χ4v) is 2.10. The number of anilines is 1. The summed E-state index contributed by atoms with van der Waals surface area (Å²) in [6, 6.07) is 17.6. The highest BCUT2D eigenvalue weighted by Crippen LogP contribution is 2.12. The number of nitrogens with zero attached hydrogens (tertiary/aromatic N) is 1. The fraction of sp³-hybridized carbons (Fsp3) is 0.211. The number of rotatable bonds is 7. The molecule has 0 radical (unpaired) electrons. The van der Waals surface area contributed by atoms with Crippen LogP contribution in [0.2, 0.25) is 0 Å². The second kappa shape index (κ2) is 8.63. The highest BCUT2D eigenvalue weighted by Gasteiger charge is 2.00. The Hall–Kier alpha value is -2.75. The molecule has 1 amide bonds. The van der Waals surface area contributed by atoms with E-state index in [1.54, 1.807) is 19.3 Å². The molecule has 0 aromatic heterocycles. The van der Waals surface area contributed by atoms with Crippen LogP contribution in [0, 0.1) is 0 Å². The molecule has 1 N–H and O–H groups in total. The van der Waals surface area contributed by atoms with E-state index in [1.165, 1.54) is 0 Å². The molecule has 0 aliphatic rings. The molecule has 0 aliphatic carbocycles. The van der Waals surface area contributed by atoms with Crippen LogP contribution in [0.3, 0.4) is 0 Å². The second-order valence-electron chi connectivity index (χ2n) is 5.15. The Morgan fingerprint density at radius 3 is 2.48 bits per heavy atom. The second-order valence-corrected chi connectivity index (χ2v) is 5.15. The van der Waals surface area contributed by atoms with Gasteiger partial charge in [-0.25, -0.2) is 0 Å². The van der Waals surface area contributed by atoms with Crippen molar-refractivity contribution in [2.45, 2.75) is 0 Å². The van der Waals surface area contributed by atoms with E-state index in [-0.39, 0.29) is 5.91 Å². The molecular weight excluding hydrogens is 288 g/mol. The topological polar surface area (TPSA) is 41.6 Å². The van der Waals surface area contributed by atoms with Gasteiger partial charge in [0, 0.05) is 31.9 Å². The summed E-state index contributed by atoms with van der Waals surface area (Å²) in [5, 5.41) is 2.88. The fourth-order valence-electron chi connectivity index (χ4n) is 2.10. The number of hydrogen-bond donors (Lipinski definition) is 1. The minimum absolute atomic E-state index is 0.0951. The van der Waals surface area contributed by atoms with Gasteiger partial charge in [0.15, 0.2) is 0 Å². The van der Waals surface area contributed by atoms with E-state index in [2.05, 4.69) is 10.2 Å². The van der Waals surface area contributed by atoms with Crippen molar-refractivity contribution >= 4 is 17.7 Å².